The summed E-state index contributed by atoms with van der Waals surface area (Å²) in [6.45, 7) is 7.45. The Morgan fingerprint density at radius 2 is 1.87 bits per heavy atom. The van der Waals surface area contributed by atoms with E-state index in [0.29, 0.717) is 24.8 Å². The van der Waals surface area contributed by atoms with Crippen LogP contribution in [0.25, 0.3) is 0 Å². The maximum atomic E-state index is 13.0. The molecule has 1 aromatic heterocycles. The summed E-state index contributed by atoms with van der Waals surface area (Å²) in [4.78, 5) is 26.8. The molecule has 0 atom stereocenters. The van der Waals surface area contributed by atoms with Crippen molar-refractivity contribution in [2.45, 2.75) is 64.0 Å². The number of piperidine rings is 1. The molecule has 2 heterocycles. The fourth-order valence-electron chi connectivity index (χ4n) is 3.73. The van der Waals surface area contributed by atoms with E-state index in [-0.39, 0.29) is 42.4 Å². The second kappa shape index (κ2) is 9.51. The van der Waals surface area contributed by atoms with E-state index in [1.807, 2.05) is 4.90 Å². The van der Waals surface area contributed by atoms with Crippen molar-refractivity contribution in [3.8, 4) is 0 Å². The minimum Gasteiger partial charge on any atom is -0.460 e. The van der Waals surface area contributed by atoms with Gasteiger partial charge in [-0.15, -0.1) is 0 Å². The van der Waals surface area contributed by atoms with E-state index in [9.17, 15) is 18.0 Å². The molecule has 8 nitrogen and oxygen atoms in total. The highest BCUT2D eigenvalue weighted by Gasteiger charge is 2.39. The fourth-order valence-corrected chi connectivity index (χ4v) is 5.11. The van der Waals surface area contributed by atoms with Crippen molar-refractivity contribution in [1.82, 2.24) is 9.21 Å². The maximum absolute atomic E-state index is 13.0. The molecule has 2 fully saturated rings. The van der Waals surface area contributed by atoms with Crippen molar-refractivity contribution in [3.63, 3.8) is 0 Å². The topological polar surface area (TPSA) is 97.1 Å². The van der Waals surface area contributed by atoms with E-state index in [1.165, 1.54) is 16.4 Å². The lowest BCUT2D eigenvalue weighted by Gasteiger charge is -2.33. The summed E-state index contributed by atoms with van der Waals surface area (Å²) in [5.74, 6) is -0.261. The molecule has 1 amide bonds. The number of nitrogens with zero attached hydrogens (tertiary/aromatic N) is 2. The van der Waals surface area contributed by atoms with Crippen LogP contribution in [0.4, 0.5) is 0 Å². The van der Waals surface area contributed by atoms with Gasteiger partial charge in [0.2, 0.25) is 16.8 Å². The molecule has 1 aromatic rings. The molecule has 0 aromatic carbocycles. The van der Waals surface area contributed by atoms with Gasteiger partial charge in [-0.3, -0.25) is 4.79 Å². The zero-order valence-corrected chi connectivity index (χ0v) is 18.8. The van der Waals surface area contributed by atoms with Gasteiger partial charge in [-0.2, -0.15) is 4.31 Å². The monoisotopic (exact) mass is 440 g/mol. The van der Waals surface area contributed by atoms with Crippen LogP contribution in [0.3, 0.4) is 0 Å². The summed E-state index contributed by atoms with van der Waals surface area (Å²) in [6.07, 6.45) is 4.11. The van der Waals surface area contributed by atoms with E-state index in [4.69, 9.17) is 9.15 Å². The van der Waals surface area contributed by atoms with Crippen LogP contribution < -0.4 is 0 Å². The van der Waals surface area contributed by atoms with E-state index in [0.717, 1.165) is 25.8 Å². The Bertz CT molecular complexity index is 851. The molecule has 1 aliphatic heterocycles. The first-order valence-corrected chi connectivity index (χ1v) is 12.3. The van der Waals surface area contributed by atoms with Gasteiger partial charge in [0.1, 0.15) is 0 Å². The normalized spacial score (nSPS) is 18.5. The van der Waals surface area contributed by atoms with Gasteiger partial charge in [0.05, 0.1) is 6.61 Å². The predicted octanol–water partition coefficient (Wildman–Crippen LogP) is 2.89. The smallest absolute Gasteiger partial charge is 0.374 e. The van der Waals surface area contributed by atoms with Crippen molar-refractivity contribution in [3.05, 3.63) is 17.9 Å². The number of amides is 1. The third-order valence-corrected chi connectivity index (χ3v) is 7.45. The largest absolute Gasteiger partial charge is 0.460 e. The van der Waals surface area contributed by atoms with Crippen LogP contribution in [0.1, 0.15) is 63.4 Å². The van der Waals surface area contributed by atoms with Crippen molar-refractivity contribution in [1.29, 1.82) is 0 Å². The van der Waals surface area contributed by atoms with Crippen LogP contribution in [0.5, 0.6) is 0 Å². The van der Waals surface area contributed by atoms with Gasteiger partial charge in [-0.25, -0.2) is 13.2 Å². The molecular weight excluding hydrogens is 408 g/mol. The number of hydrogen-bond donors (Lipinski definition) is 0. The lowest BCUT2D eigenvalue weighted by molar-refractivity contribution is -0.137. The van der Waals surface area contributed by atoms with Crippen molar-refractivity contribution < 1.29 is 27.2 Å². The Morgan fingerprint density at radius 1 is 1.20 bits per heavy atom. The molecule has 168 valence electrons. The summed E-state index contributed by atoms with van der Waals surface area (Å²) in [5.41, 5.74) is 0. The molecule has 9 heteroatoms. The number of esters is 1. The quantitative estimate of drug-likeness (QED) is 0.548. The number of sulfonamides is 1. The van der Waals surface area contributed by atoms with Crippen LogP contribution >= 0.6 is 0 Å². The number of ether oxygens (including phenoxy) is 1. The fraction of sp³-hybridized carbons (Fsp3) is 0.714. The van der Waals surface area contributed by atoms with E-state index < -0.39 is 16.0 Å². The summed E-state index contributed by atoms with van der Waals surface area (Å²) >= 11 is 0. The molecule has 0 bridgehead atoms. The van der Waals surface area contributed by atoms with Gasteiger partial charge < -0.3 is 14.1 Å². The van der Waals surface area contributed by atoms with Gasteiger partial charge in [0.15, 0.2) is 0 Å². The zero-order chi connectivity index (χ0) is 21.9. The molecule has 0 radical (unpaired) electrons. The number of rotatable bonds is 9. The average molecular weight is 441 g/mol. The first-order chi connectivity index (χ1) is 14.2. The van der Waals surface area contributed by atoms with Crippen LogP contribution in [-0.2, 0) is 19.6 Å². The molecule has 30 heavy (non-hydrogen) atoms. The summed E-state index contributed by atoms with van der Waals surface area (Å²) in [7, 11) is -3.85. The second-order valence-corrected chi connectivity index (χ2v) is 10.3. The van der Waals surface area contributed by atoms with Crippen LogP contribution in [-0.4, -0.2) is 61.8 Å². The van der Waals surface area contributed by atoms with Crippen LogP contribution in [0, 0.1) is 11.8 Å². The number of furan rings is 1. The lowest BCUT2D eigenvalue weighted by atomic mass is 9.96. The van der Waals surface area contributed by atoms with Gasteiger partial charge in [-0.05, 0) is 57.1 Å². The molecule has 1 saturated heterocycles. The number of carbonyl (C=O) groups is 2. The van der Waals surface area contributed by atoms with E-state index in [1.54, 1.807) is 6.92 Å². The minimum absolute atomic E-state index is 0.134. The third kappa shape index (κ3) is 5.24. The molecule has 1 aliphatic carbocycles. The Labute approximate surface area is 178 Å². The van der Waals surface area contributed by atoms with E-state index in [2.05, 4.69) is 13.8 Å². The van der Waals surface area contributed by atoms with Gasteiger partial charge in [-0.1, -0.05) is 13.8 Å². The molecule has 3 rings (SSSR count). The van der Waals surface area contributed by atoms with Gasteiger partial charge in [0, 0.05) is 31.6 Å². The number of carbonyl (C=O) groups excluding carboxylic acids is 2. The highest BCUT2D eigenvalue weighted by Crippen LogP contribution is 2.32. The Kier molecular flexibility index (Phi) is 7.23. The first kappa shape index (κ1) is 22.8. The predicted molar refractivity (Wildman–Crippen MR) is 110 cm³/mol. The molecular formula is C21H32N2O6S. The minimum atomic E-state index is -3.85. The molecule has 0 unspecified atom stereocenters. The van der Waals surface area contributed by atoms with Gasteiger partial charge in [0.25, 0.3) is 10.0 Å². The SMILES string of the molecule is CCOC(=O)c1ccc(S(=O)(=O)N2CCC(C(=O)N(CCC(C)C)C3CC3)CC2)o1. The lowest BCUT2D eigenvalue weighted by Crippen LogP contribution is -2.45. The van der Waals surface area contributed by atoms with Crippen LogP contribution in [0.2, 0.25) is 0 Å². The summed E-state index contributed by atoms with van der Waals surface area (Å²) in [6, 6.07) is 2.95. The summed E-state index contributed by atoms with van der Waals surface area (Å²) < 4.78 is 37.2. The van der Waals surface area contributed by atoms with Crippen molar-refractivity contribution in [2.24, 2.45) is 11.8 Å². The second-order valence-electron chi connectivity index (χ2n) is 8.46. The Hall–Kier alpha value is -1.87. The molecule has 0 spiro atoms. The Morgan fingerprint density at radius 3 is 2.43 bits per heavy atom. The van der Waals surface area contributed by atoms with Gasteiger partial charge >= 0.3 is 5.97 Å². The number of hydrogen-bond acceptors (Lipinski definition) is 6. The van der Waals surface area contributed by atoms with Crippen molar-refractivity contribution in [2.75, 3.05) is 26.2 Å². The first-order valence-electron chi connectivity index (χ1n) is 10.8. The standard InChI is InChI=1S/C21H32N2O6S/c1-4-28-21(25)18-7-8-19(29-18)30(26,27)22-12-10-16(11-13-22)20(24)23(17-5-6-17)14-9-15(2)3/h7-8,15-17H,4-6,9-14H2,1-3H3. The highest BCUT2D eigenvalue weighted by molar-refractivity contribution is 7.89. The van der Waals surface area contributed by atoms with Crippen LogP contribution in [0.15, 0.2) is 21.6 Å². The highest BCUT2D eigenvalue weighted by atomic mass is 32.2. The summed E-state index contributed by atoms with van der Waals surface area (Å²) in [5, 5.41) is -0.271. The molecule has 0 N–H and O–H groups in total. The molecule has 2 aliphatic rings. The Balaban J connectivity index is 1.60. The van der Waals surface area contributed by atoms with Crippen molar-refractivity contribution >= 4 is 21.9 Å². The van der Waals surface area contributed by atoms with E-state index >= 15 is 0 Å². The zero-order valence-electron chi connectivity index (χ0n) is 18.0. The maximum Gasteiger partial charge on any atom is 0.374 e. The average Bonchev–Trinajstić information content (AvgIpc) is 3.41. The molecule has 1 saturated carbocycles. The third-order valence-electron chi connectivity index (χ3n) is 5.67.